The van der Waals surface area contributed by atoms with Crippen LogP contribution >= 0.6 is 23.4 Å². The molecule has 0 radical (unpaired) electrons. The van der Waals surface area contributed by atoms with Crippen LogP contribution in [0.2, 0.25) is 5.02 Å². The van der Waals surface area contributed by atoms with Crippen LogP contribution in [0.15, 0.2) is 60.3 Å². The van der Waals surface area contributed by atoms with E-state index in [1.165, 1.54) is 11.8 Å². The highest BCUT2D eigenvalue weighted by Gasteiger charge is 2.16. The Labute approximate surface area is 195 Å². The van der Waals surface area contributed by atoms with Gasteiger partial charge in [-0.15, -0.1) is 16.8 Å². The van der Waals surface area contributed by atoms with E-state index in [4.69, 9.17) is 16.3 Å². The fourth-order valence-corrected chi connectivity index (χ4v) is 3.79. The third-order valence-corrected chi connectivity index (χ3v) is 5.84. The summed E-state index contributed by atoms with van der Waals surface area (Å²) in [6, 6.07) is 12.3. The number of carbonyl (C=O) groups is 2. The van der Waals surface area contributed by atoms with Gasteiger partial charge in [-0.25, -0.2) is 4.79 Å². The number of hydrogen-bond donors (Lipinski definition) is 1. The summed E-state index contributed by atoms with van der Waals surface area (Å²) >= 11 is 7.54. The number of aromatic nitrogens is 3. The molecule has 0 spiro atoms. The number of amides is 1. The van der Waals surface area contributed by atoms with E-state index in [1.807, 2.05) is 29.7 Å². The van der Waals surface area contributed by atoms with Crippen LogP contribution in [0.5, 0.6) is 0 Å². The van der Waals surface area contributed by atoms with Crippen molar-refractivity contribution in [3.8, 4) is 11.4 Å². The summed E-state index contributed by atoms with van der Waals surface area (Å²) in [5, 5.41) is 12.6. The number of ether oxygens (including phenoxy) is 1. The van der Waals surface area contributed by atoms with Crippen molar-refractivity contribution in [1.82, 2.24) is 14.8 Å². The minimum absolute atomic E-state index is 0.142. The van der Waals surface area contributed by atoms with Crippen LogP contribution in [0.1, 0.15) is 22.8 Å². The van der Waals surface area contributed by atoms with Crippen molar-refractivity contribution in [3.05, 3.63) is 71.3 Å². The lowest BCUT2D eigenvalue weighted by molar-refractivity contribution is -0.113. The first kappa shape index (κ1) is 23.6. The number of anilines is 1. The molecule has 0 saturated heterocycles. The van der Waals surface area contributed by atoms with E-state index in [0.717, 1.165) is 11.1 Å². The first-order valence-corrected chi connectivity index (χ1v) is 11.3. The molecular weight excluding hydrogens is 448 g/mol. The third-order valence-electron chi connectivity index (χ3n) is 4.47. The molecule has 0 aliphatic rings. The molecule has 3 aromatic rings. The molecule has 7 nitrogen and oxygen atoms in total. The Morgan fingerprint density at radius 1 is 1.22 bits per heavy atom. The van der Waals surface area contributed by atoms with Crippen LogP contribution < -0.4 is 5.32 Å². The maximum absolute atomic E-state index is 12.4. The number of thioether (sulfide) groups is 1. The average Bonchev–Trinajstić information content (AvgIpc) is 3.18. The molecule has 0 aliphatic carbocycles. The Balaban J connectivity index is 1.66. The lowest BCUT2D eigenvalue weighted by Gasteiger charge is -2.09. The quantitative estimate of drug-likeness (QED) is 0.269. The molecule has 2 aromatic carbocycles. The van der Waals surface area contributed by atoms with Gasteiger partial charge in [-0.3, -0.25) is 9.36 Å². The van der Waals surface area contributed by atoms with Gasteiger partial charge in [0.25, 0.3) is 0 Å². The molecule has 0 bridgehead atoms. The number of esters is 1. The third kappa shape index (κ3) is 5.77. The second-order valence-electron chi connectivity index (χ2n) is 6.80. The summed E-state index contributed by atoms with van der Waals surface area (Å²) in [4.78, 5) is 24.1. The number of nitrogens with one attached hydrogen (secondary N) is 1. The van der Waals surface area contributed by atoms with E-state index in [9.17, 15) is 9.59 Å². The molecule has 0 atom stereocenters. The smallest absolute Gasteiger partial charge is 0.338 e. The number of rotatable bonds is 9. The highest BCUT2D eigenvalue weighted by Crippen LogP contribution is 2.27. The first-order chi connectivity index (χ1) is 15.4. The summed E-state index contributed by atoms with van der Waals surface area (Å²) in [5.74, 6) is 0.202. The van der Waals surface area contributed by atoms with Crippen LogP contribution in [-0.4, -0.2) is 39.0 Å². The molecule has 0 unspecified atom stereocenters. The van der Waals surface area contributed by atoms with Gasteiger partial charge in [-0.05, 0) is 49.7 Å². The molecule has 9 heteroatoms. The Bertz CT molecular complexity index is 1130. The van der Waals surface area contributed by atoms with Gasteiger partial charge in [-0.2, -0.15) is 0 Å². The maximum Gasteiger partial charge on any atom is 0.338 e. The van der Waals surface area contributed by atoms with Crippen molar-refractivity contribution in [2.24, 2.45) is 0 Å². The van der Waals surface area contributed by atoms with Gasteiger partial charge >= 0.3 is 5.97 Å². The van der Waals surface area contributed by atoms with Crippen molar-refractivity contribution in [3.63, 3.8) is 0 Å². The van der Waals surface area contributed by atoms with E-state index in [1.54, 1.807) is 37.3 Å². The summed E-state index contributed by atoms with van der Waals surface area (Å²) in [7, 11) is 0. The monoisotopic (exact) mass is 470 g/mol. The first-order valence-electron chi connectivity index (χ1n) is 9.93. The van der Waals surface area contributed by atoms with Gasteiger partial charge in [-0.1, -0.05) is 41.6 Å². The number of nitrogens with zero attached hydrogens (tertiary/aromatic N) is 3. The zero-order valence-corrected chi connectivity index (χ0v) is 19.4. The Kier molecular flexibility index (Phi) is 8.08. The second kappa shape index (κ2) is 11.0. The Hall–Kier alpha value is -3.10. The molecule has 1 amide bonds. The highest BCUT2D eigenvalue weighted by atomic mass is 35.5. The minimum Gasteiger partial charge on any atom is -0.462 e. The molecule has 1 heterocycles. The molecule has 0 aliphatic heterocycles. The normalized spacial score (nSPS) is 10.6. The number of allylic oxidation sites excluding steroid dienone is 1. The zero-order valence-electron chi connectivity index (χ0n) is 17.8. The summed E-state index contributed by atoms with van der Waals surface area (Å²) < 4.78 is 6.84. The standard InChI is InChI=1S/C23H23ClN4O3S/c1-4-12-28-21(17-7-6-15(3)19(24)13-17)26-27-23(28)32-14-20(29)25-18-10-8-16(9-11-18)22(30)31-5-2/h4,6-11,13H,1,5,12,14H2,2-3H3,(H,25,29). The topological polar surface area (TPSA) is 86.1 Å². The fourth-order valence-electron chi connectivity index (χ4n) is 2.87. The number of aryl methyl sites for hydroxylation is 1. The Morgan fingerprint density at radius 3 is 2.62 bits per heavy atom. The number of benzene rings is 2. The molecule has 32 heavy (non-hydrogen) atoms. The predicted octanol–water partition coefficient (Wildman–Crippen LogP) is 5.00. The maximum atomic E-state index is 12.4. The van der Waals surface area contributed by atoms with Crippen molar-refractivity contribution in [1.29, 1.82) is 0 Å². The van der Waals surface area contributed by atoms with Crippen LogP contribution in [-0.2, 0) is 16.1 Å². The van der Waals surface area contributed by atoms with Gasteiger partial charge in [0.15, 0.2) is 11.0 Å². The van der Waals surface area contributed by atoms with Gasteiger partial charge in [0.1, 0.15) is 0 Å². The van der Waals surface area contributed by atoms with Gasteiger partial charge in [0.05, 0.1) is 17.9 Å². The second-order valence-corrected chi connectivity index (χ2v) is 8.15. The molecule has 0 fully saturated rings. The number of carbonyl (C=O) groups excluding carboxylic acids is 2. The van der Waals surface area contributed by atoms with Crippen LogP contribution in [0.4, 0.5) is 5.69 Å². The average molecular weight is 471 g/mol. The summed E-state index contributed by atoms with van der Waals surface area (Å²) in [6.45, 7) is 8.29. The summed E-state index contributed by atoms with van der Waals surface area (Å²) in [6.07, 6.45) is 1.75. The lowest BCUT2D eigenvalue weighted by Crippen LogP contribution is -2.15. The van der Waals surface area contributed by atoms with Gasteiger partial charge in [0, 0.05) is 22.8 Å². The van der Waals surface area contributed by atoms with E-state index in [-0.39, 0.29) is 11.7 Å². The van der Waals surface area contributed by atoms with Crippen molar-refractivity contribution < 1.29 is 14.3 Å². The van der Waals surface area contributed by atoms with Gasteiger partial charge in [0.2, 0.25) is 5.91 Å². The fraction of sp³-hybridized carbons (Fsp3) is 0.217. The highest BCUT2D eigenvalue weighted by molar-refractivity contribution is 7.99. The Morgan fingerprint density at radius 2 is 1.97 bits per heavy atom. The molecule has 3 rings (SSSR count). The molecule has 1 aromatic heterocycles. The predicted molar refractivity (Wildman–Crippen MR) is 127 cm³/mol. The lowest BCUT2D eigenvalue weighted by atomic mass is 10.1. The van der Waals surface area contributed by atoms with E-state index < -0.39 is 5.97 Å². The van der Waals surface area contributed by atoms with E-state index in [0.29, 0.717) is 40.4 Å². The van der Waals surface area contributed by atoms with E-state index in [2.05, 4.69) is 22.1 Å². The molecule has 166 valence electrons. The molecule has 1 N–H and O–H groups in total. The number of halogens is 1. The molecular formula is C23H23ClN4O3S. The van der Waals surface area contributed by atoms with Crippen LogP contribution in [0.3, 0.4) is 0 Å². The molecule has 0 saturated carbocycles. The van der Waals surface area contributed by atoms with Crippen LogP contribution in [0, 0.1) is 6.92 Å². The van der Waals surface area contributed by atoms with Crippen molar-refractivity contribution >= 4 is 40.9 Å². The van der Waals surface area contributed by atoms with Gasteiger partial charge < -0.3 is 10.1 Å². The zero-order chi connectivity index (χ0) is 23.1. The largest absolute Gasteiger partial charge is 0.462 e. The van der Waals surface area contributed by atoms with E-state index >= 15 is 0 Å². The number of hydrogen-bond acceptors (Lipinski definition) is 6. The van der Waals surface area contributed by atoms with Crippen molar-refractivity contribution in [2.45, 2.75) is 25.5 Å². The van der Waals surface area contributed by atoms with Crippen LogP contribution in [0.25, 0.3) is 11.4 Å². The minimum atomic E-state index is -0.395. The summed E-state index contributed by atoms with van der Waals surface area (Å²) in [5.41, 5.74) is 2.84. The SMILES string of the molecule is C=CCn1c(SCC(=O)Nc2ccc(C(=O)OCC)cc2)nnc1-c1ccc(C)c(Cl)c1. The van der Waals surface area contributed by atoms with Crippen molar-refractivity contribution in [2.75, 3.05) is 17.7 Å².